The first-order valence-electron chi connectivity index (χ1n) is 8.40. The number of rotatable bonds is 5. The van der Waals surface area contributed by atoms with Gasteiger partial charge < -0.3 is 14.4 Å². The number of ether oxygens (including phenoxy) is 2. The third-order valence-corrected chi connectivity index (χ3v) is 4.07. The Labute approximate surface area is 161 Å². The van der Waals surface area contributed by atoms with Gasteiger partial charge in [-0.3, -0.25) is 4.79 Å². The van der Waals surface area contributed by atoms with Gasteiger partial charge in [-0.15, -0.1) is 0 Å². The Morgan fingerprint density at radius 3 is 2.39 bits per heavy atom. The number of hydrogen-bond acceptors (Lipinski definition) is 3. The highest BCUT2D eigenvalue weighted by Crippen LogP contribution is 2.31. The molecule has 148 valence electrons. The number of benzene rings is 2. The molecular formula is C21H20F3NO3. The zero-order chi connectivity index (χ0) is 20.7. The number of carbonyl (C=O) groups excluding carboxylic acids is 1. The molecule has 0 bridgehead atoms. The van der Waals surface area contributed by atoms with E-state index in [4.69, 9.17) is 9.47 Å². The van der Waals surface area contributed by atoms with E-state index in [0.29, 0.717) is 24.5 Å². The van der Waals surface area contributed by atoms with Crippen molar-refractivity contribution in [1.29, 1.82) is 0 Å². The van der Waals surface area contributed by atoms with Gasteiger partial charge in [-0.1, -0.05) is 24.1 Å². The number of methoxy groups -OCH3 is 2. The second-order valence-electron chi connectivity index (χ2n) is 5.96. The molecule has 0 saturated heterocycles. The summed E-state index contributed by atoms with van der Waals surface area (Å²) in [6.45, 7) is 0.351. The summed E-state index contributed by atoms with van der Waals surface area (Å²) in [5.74, 6) is 5.24. The molecule has 0 aromatic heterocycles. The summed E-state index contributed by atoms with van der Waals surface area (Å²) in [6.07, 6.45) is -3.99. The number of alkyl halides is 3. The van der Waals surface area contributed by atoms with Crippen LogP contribution in [0.25, 0.3) is 0 Å². The number of carbonyl (C=O) groups is 1. The van der Waals surface area contributed by atoms with Crippen molar-refractivity contribution in [2.24, 2.45) is 0 Å². The predicted molar refractivity (Wildman–Crippen MR) is 99.2 cm³/mol. The van der Waals surface area contributed by atoms with Crippen LogP contribution in [-0.2, 0) is 17.4 Å². The van der Waals surface area contributed by atoms with Crippen LogP contribution in [0.5, 0.6) is 11.5 Å². The molecule has 0 aliphatic heterocycles. The molecule has 4 nitrogen and oxygen atoms in total. The maximum Gasteiger partial charge on any atom is 0.417 e. The molecule has 28 heavy (non-hydrogen) atoms. The molecule has 0 radical (unpaired) electrons. The fourth-order valence-electron chi connectivity index (χ4n) is 2.49. The molecular weight excluding hydrogens is 371 g/mol. The third kappa shape index (κ3) is 5.43. The molecule has 2 aromatic carbocycles. The van der Waals surface area contributed by atoms with Gasteiger partial charge in [0.1, 0.15) is 0 Å². The molecule has 2 rings (SSSR count). The van der Waals surface area contributed by atoms with Gasteiger partial charge in [0.05, 0.1) is 19.8 Å². The van der Waals surface area contributed by atoms with E-state index in [1.165, 1.54) is 30.2 Å². The monoisotopic (exact) mass is 391 g/mol. The van der Waals surface area contributed by atoms with Gasteiger partial charge >= 0.3 is 6.18 Å². The van der Waals surface area contributed by atoms with Crippen molar-refractivity contribution in [1.82, 2.24) is 4.90 Å². The first kappa shape index (κ1) is 21.2. The minimum Gasteiger partial charge on any atom is -0.493 e. The number of hydrogen-bond donors (Lipinski definition) is 0. The highest BCUT2D eigenvalue weighted by Gasteiger charge is 2.32. The maximum atomic E-state index is 13.0. The van der Waals surface area contributed by atoms with Crippen molar-refractivity contribution in [2.45, 2.75) is 12.6 Å². The summed E-state index contributed by atoms with van der Waals surface area (Å²) in [4.78, 5) is 13.5. The van der Waals surface area contributed by atoms with Gasteiger partial charge in [0, 0.05) is 25.1 Å². The Hall–Kier alpha value is -3.14. The first-order chi connectivity index (χ1) is 13.3. The van der Waals surface area contributed by atoms with Gasteiger partial charge in [-0.05, 0) is 36.2 Å². The minimum atomic E-state index is -4.52. The molecule has 2 aromatic rings. The second kappa shape index (κ2) is 9.18. The highest BCUT2D eigenvalue weighted by molar-refractivity contribution is 5.94. The zero-order valence-corrected chi connectivity index (χ0v) is 15.8. The molecule has 0 unspecified atom stereocenters. The minimum absolute atomic E-state index is 0.225. The highest BCUT2D eigenvalue weighted by atomic mass is 19.4. The van der Waals surface area contributed by atoms with Crippen LogP contribution < -0.4 is 9.47 Å². The van der Waals surface area contributed by atoms with Gasteiger partial charge in [0.25, 0.3) is 5.91 Å². The van der Waals surface area contributed by atoms with E-state index in [-0.39, 0.29) is 5.56 Å². The second-order valence-corrected chi connectivity index (χ2v) is 5.96. The van der Waals surface area contributed by atoms with Gasteiger partial charge in [-0.2, -0.15) is 13.2 Å². The van der Waals surface area contributed by atoms with Gasteiger partial charge in [0.2, 0.25) is 0 Å². The van der Waals surface area contributed by atoms with Crippen LogP contribution in [-0.4, -0.2) is 38.6 Å². The lowest BCUT2D eigenvalue weighted by molar-refractivity contribution is -0.137. The normalized spacial score (nSPS) is 10.6. The molecule has 0 fully saturated rings. The molecule has 0 aliphatic carbocycles. The summed E-state index contributed by atoms with van der Waals surface area (Å²) < 4.78 is 49.3. The Bertz CT molecular complexity index is 898. The lowest BCUT2D eigenvalue weighted by atomic mass is 10.1. The van der Waals surface area contributed by atoms with Crippen molar-refractivity contribution in [2.75, 3.05) is 27.8 Å². The van der Waals surface area contributed by atoms with E-state index in [1.54, 1.807) is 20.2 Å². The van der Waals surface area contributed by atoms with Crippen molar-refractivity contribution >= 4 is 5.91 Å². The Kier molecular flexibility index (Phi) is 6.94. The number of halogens is 3. The molecule has 7 heteroatoms. The van der Waals surface area contributed by atoms with Crippen LogP contribution in [0.3, 0.4) is 0 Å². The van der Waals surface area contributed by atoms with Crippen molar-refractivity contribution in [3.63, 3.8) is 0 Å². The fourth-order valence-corrected chi connectivity index (χ4v) is 2.49. The van der Waals surface area contributed by atoms with Gasteiger partial charge in [-0.25, -0.2) is 0 Å². The Morgan fingerprint density at radius 1 is 1.07 bits per heavy atom. The number of likely N-dealkylation sites (N-methyl/N-ethyl adjacent to an activating group) is 1. The summed E-state index contributed by atoms with van der Waals surface area (Å²) >= 11 is 0. The predicted octanol–water partition coefficient (Wildman–Crippen LogP) is 3.78. The van der Waals surface area contributed by atoms with Crippen molar-refractivity contribution < 1.29 is 27.4 Å². The molecule has 0 atom stereocenters. The smallest absolute Gasteiger partial charge is 0.417 e. The Morgan fingerprint density at radius 2 is 1.75 bits per heavy atom. The maximum absolute atomic E-state index is 13.0. The van der Waals surface area contributed by atoms with Crippen LogP contribution in [0.15, 0.2) is 42.5 Å². The summed E-state index contributed by atoms with van der Waals surface area (Å²) in [5.41, 5.74) is -0.160. The van der Waals surface area contributed by atoms with E-state index in [2.05, 4.69) is 11.8 Å². The lowest BCUT2D eigenvalue weighted by Crippen LogP contribution is -2.27. The van der Waals surface area contributed by atoms with Crippen molar-refractivity contribution in [3.05, 3.63) is 59.2 Å². The topological polar surface area (TPSA) is 38.8 Å². The molecule has 1 amide bonds. The summed E-state index contributed by atoms with van der Waals surface area (Å²) in [6, 6.07) is 10.3. The average molecular weight is 391 g/mol. The van der Waals surface area contributed by atoms with E-state index >= 15 is 0 Å². The van der Waals surface area contributed by atoms with E-state index in [0.717, 1.165) is 11.6 Å². The summed E-state index contributed by atoms with van der Waals surface area (Å²) in [7, 11) is 4.62. The fraction of sp³-hybridized carbons (Fsp3) is 0.286. The van der Waals surface area contributed by atoms with E-state index < -0.39 is 17.6 Å². The van der Waals surface area contributed by atoms with Crippen LogP contribution in [0.4, 0.5) is 13.2 Å². The third-order valence-electron chi connectivity index (χ3n) is 4.07. The van der Waals surface area contributed by atoms with Crippen LogP contribution in [0, 0.1) is 11.8 Å². The van der Waals surface area contributed by atoms with Crippen LogP contribution >= 0.6 is 0 Å². The molecule has 0 heterocycles. The standard InChI is InChI=1S/C21H20F3NO3/c1-25(13-12-15-8-10-18(27-2)19(14-15)28-3)20(26)11-9-16-6-4-5-7-17(16)21(22,23)24/h4-8,10,14H,12-13H2,1-3H3. The van der Waals surface area contributed by atoms with Crippen molar-refractivity contribution in [3.8, 4) is 23.3 Å². The lowest BCUT2D eigenvalue weighted by Gasteiger charge is -2.15. The summed E-state index contributed by atoms with van der Waals surface area (Å²) in [5, 5.41) is 0. The Balaban J connectivity index is 2.05. The SMILES string of the molecule is COc1ccc(CCN(C)C(=O)C#Cc2ccccc2C(F)(F)F)cc1OC. The number of nitrogens with zero attached hydrogens (tertiary/aromatic N) is 1. The molecule has 0 saturated carbocycles. The molecule has 0 aliphatic rings. The first-order valence-corrected chi connectivity index (χ1v) is 8.40. The average Bonchev–Trinajstić information content (AvgIpc) is 2.69. The van der Waals surface area contributed by atoms with Crippen LogP contribution in [0.2, 0.25) is 0 Å². The number of amides is 1. The largest absolute Gasteiger partial charge is 0.493 e. The van der Waals surface area contributed by atoms with Gasteiger partial charge in [0.15, 0.2) is 11.5 Å². The quantitative estimate of drug-likeness (QED) is 0.729. The van der Waals surface area contributed by atoms with E-state index in [1.807, 2.05) is 12.1 Å². The van der Waals surface area contributed by atoms with E-state index in [9.17, 15) is 18.0 Å². The molecule has 0 spiro atoms. The van der Waals surface area contributed by atoms with Crippen LogP contribution in [0.1, 0.15) is 16.7 Å². The zero-order valence-electron chi connectivity index (χ0n) is 15.8. The molecule has 0 N–H and O–H groups in total.